The van der Waals surface area contributed by atoms with Gasteiger partial charge in [-0.05, 0) is 18.3 Å². The summed E-state index contributed by atoms with van der Waals surface area (Å²) in [7, 11) is 0. The van der Waals surface area contributed by atoms with Crippen molar-refractivity contribution in [3.05, 3.63) is 0 Å². The van der Waals surface area contributed by atoms with E-state index in [2.05, 4.69) is 13.8 Å². The molecule has 0 amide bonds. The Morgan fingerprint density at radius 1 is 0.609 bits per heavy atom. The molecule has 0 aliphatic heterocycles. The van der Waals surface area contributed by atoms with E-state index in [1.54, 1.807) is 0 Å². The molecule has 0 heterocycles. The van der Waals surface area contributed by atoms with Crippen LogP contribution in [0.2, 0.25) is 0 Å². The Bertz CT molecular complexity index is 232. The lowest BCUT2D eigenvalue weighted by Crippen LogP contribution is -2.12. The minimum atomic E-state index is 1.01. The van der Waals surface area contributed by atoms with Gasteiger partial charge < -0.3 is 0 Å². The van der Waals surface area contributed by atoms with E-state index in [1.807, 2.05) is 0 Å². The summed E-state index contributed by atoms with van der Waals surface area (Å²) in [4.78, 5) is 0. The molecule has 0 spiro atoms. The maximum absolute atomic E-state index is 2.46. The Morgan fingerprint density at radius 2 is 1.09 bits per heavy atom. The number of hydrogen-bond acceptors (Lipinski definition) is 0. The highest BCUT2D eigenvalue weighted by Crippen LogP contribution is 2.31. The summed E-state index contributed by atoms with van der Waals surface area (Å²) >= 11 is 0. The van der Waals surface area contributed by atoms with Gasteiger partial charge in [0.05, 0.1) is 0 Å². The molecular weight excluding hydrogens is 276 g/mol. The zero-order chi connectivity index (χ0) is 16.6. The van der Waals surface area contributed by atoms with Crippen LogP contribution in [0.5, 0.6) is 0 Å². The van der Waals surface area contributed by atoms with Crippen LogP contribution in [0.4, 0.5) is 0 Å². The van der Waals surface area contributed by atoms with Crippen molar-refractivity contribution in [1.29, 1.82) is 0 Å². The highest BCUT2D eigenvalue weighted by atomic mass is 14.2. The van der Waals surface area contributed by atoms with Crippen molar-refractivity contribution in [3.63, 3.8) is 0 Å². The van der Waals surface area contributed by atoms with E-state index in [-0.39, 0.29) is 0 Å². The topological polar surface area (TPSA) is 0 Å². The molecule has 0 radical (unpaired) electrons. The third-order valence-corrected chi connectivity index (χ3v) is 6.01. The number of unbranched alkanes of at least 4 members (excludes halogenated alkanes) is 13. The largest absolute Gasteiger partial charge is 0.0654 e. The predicted molar refractivity (Wildman–Crippen MR) is 106 cm³/mol. The molecule has 1 rings (SSSR count). The van der Waals surface area contributed by atoms with Crippen LogP contribution in [0.25, 0.3) is 0 Å². The van der Waals surface area contributed by atoms with Gasteiger partial charge in [0.15, 0.2) is 0 Å². The van der Waals surface area contributed by atoms with E-state index in [9.17, 15) is 0 Å². The number of rotatable bonds is 15. The van der Waals surface area contributed by atoms with Crippen LogP contribution in [0, 0.1) is 11.8 Å². The zero-order valence-electron chi connectivity index (χ0n) is 16.6. The third kappa shape index (κ3) is 13.0. The Labute approximate surface area is 148 Å². The van der Waals surface area contributed by atoms with Gasteiger partial charge in [-0.15, -0.1) is 0 Å². The fourth-order valence-corrected chi connectivity index (χ4v) is 4.45. The molecule has 0 bridgehead atoms. The molecule has 1 fully saturated rings. The molecule has 1 aliphatic carbocycles. The first-order valence-corrected chi connectivity index (χ1v) is 11.3. The summed E-state index contributed by atoms with van der Waals surface area (Å²) in [5.74, 6) is 2.09. The first-order chi connectivity index (χ1) is 11.3. The average Bonchev–Trinajstić information content (AvgIpc) is 2.55. The summed E-state index contributed by atoms with van der Waals surface area (Å²) in [5, 5.41) is 0. The fraction of sp³-hybridized carbons (Fsp3) is 1.00. The lowest BCUT2D eigenvalue weighted by atomic mass is 9.80. The Hall–Kier alpha value is 0. The van der Waals surface area contributed by atoms with Gasteiger partial charge in [-0.3, -0.25) is 0 Å². The van der Waals surface area contributed by atoms with Crippen molar-refractivity contribution < 1.29 is 0 Å². The summed E-state index contributed by atoms with van der Waals surface area (Å²) in [6.45, 7) is 4.76. The second-order valence-corrected chi connectivity index (χ2v) is 8.52. The van der Waals surface area contributed by atoms with Crippen LogP contribution in [0.3, 0.4) is 0 Å². The normalized spacial score (nSPS) is 21.7. The zero-order valence-corrected chi connectivity index (χ0v) is 16.6. The monoisotopic (exact) mass is 322 g/mol. The van der Waals surface area contributed by atoms with E-state index < -0.39 is 0 Å². The van der Waals surface area contributed by atoms with Gasteiger partial charge in [-0.1, -0.05) is 129 Å². The fourth-order valence-electron chi connectivity index (χ4n) is 4.45. The third-order valence-electron chi connectivity index (χ3n) is 6.01. The Morgan fingerprint density at radius 3 is 1.57 bits per heavy atom. The van der Waals surface area contributed by atoms with Gasteiger partial charge in [0.25, 0.3) is 0 Å². The molecule has 0 aromatic heterocycles. The molecule has 0 saturated heterocycles. The van der Waals surface area contributed by atoms with E-state index in [1.165, 1.54) is 122 Å². The molecule has 2 unspecified atom stereocenters. The first kappa shape index (κ1) is 21.0. The molecule has 0 aromatic rings. The molecule has 138 valence electrons. The standard InChI is InChI=1S/C23H46/c1-3-4-5-6-7-8-9-10-11-12-13-14-15-16-19-23-20-17-18-22(2)21-23/h22-23H,3-21H2,1-2H3. The van der Waals surface area contributed by atoms with E-state index >= 15 is 0 Å². The maximum Gasteiger partial charge on any atom is -0.0412 e. The SMILES string of the molecule is CCCCCCCCCCCCCCCCC1CCCC(C)C1. The second kappa shape index (κ2) is 15.5. The molecule has 23 heavy (non-hydrogen) atoms. The summed E-state index contributed by atoms with van der Waals surface area (Å²) in [6, 6.07) is 0. The van der Waals surface area contributed by atoms with Crippen LogP contribution in [-0.4, -0.2) is 0 Å². The molecule has 0 nitrogen and oxygen atoms in total. The first-order valence-electron chi connectivity index (χ1n) is 11.3. The van der Waals surface area contributed by atoms with Crippen LogP contribution in [0.1, 0.15) is 136 Å². The molecule has 1 saturated carbocycles. The minimum Gasteiger partial charge on any atom is -0.0654 e. The molecule has 2 atom stereocenters. The minimum absolute atomic E-state index is 1.01. The highest BCUT2D eigenvalue weighted by Gasteiger charge is 2.17. The maximum atomic E-state index is 2.46. The Kier molecular flexibility index (Phi) is 14.2. The van der Waals surface area contributed by atoms with Gasteiger partial charge in [-0.25, -0.2) is 0 Å². The lowest BCUT2D eigenvalue weighted by Gasteiger charge is -2.26. The van der Waals surface area contributed by atoms with Gasteiger partial charge in [0.2, 0.25) is 0 Å². The van der Waals surface area contributed by atoms with Gasteiger partial charge in [0.1, 0.15) is 0 Å². The second-order valence-electron chi connectivity index (χ2n) is 8.52. The van der Waals surface area contributed by atoms with Crippen molar-refractivity contribution in [2.45, 2.75) is 136 Å². The molecule has 0 aromatic carbocycles. The smallest absolute Gasteiger partial charge is 0.0412 e. The average molecular weight is 323 g/mol. The van der Waals surface area contributed by atoms with E-state index in [4.69, 9.17) is 0 Å². The van der Waals surface area contributed by atoms with Gasteiger partial charge in [-0.2, -0.15) is 0 Å². The predicted octanol–water partition coefficient (Wildman–Crippen LogP) is 8.68. The lowest BCUT2D eigenvalue weighted by molar-refractivity contribution is 0.263. The van der Waals surface area contributed by atoms with Crippen molar-refractivity contribution in [3.8, 4) is 0 Å². The summed E-state index contributed by atoms with van der Waals surface area (Å²) in [5.41, 5.74) is 0. The van der Waals surface area contributed by atoms with Gasteiger partial charge in [0, 0.05) is 0 Å². The highest BCUT2D eigenvalue weighted by molar-refractivity contribution is 4.70. The van der Waals surface area contributed by atoms with Gasteiger partial charge >= 0.3 is 0 Å². The Balaban J connectivity index is 1.71. The van der Waals surface area contributed by atoms with Crippen molar-refractivity contribution in [1.82, 2.24) is 0 Å². The van der Waals surface area contributed by atoms with Crippen molar-refractivity contribution in [2.75, 3.05) is 0 Å². The van der Waals surface area contributed by atoms with Crippen LogP contribution in [0.15, 0.2) is 0 Å². The van der Waals surface area contributed by atoms with Crippen molar-refractivity contribution in [2.24, 2.45) is 11.8 Å². The van der Waals surface area contributed by atoms with Crippen LogP contribution in [-0.2, 0) is 0 Å². The summed E-state index contributed by atoms with van der Waals surface area (Å²) < 4.78 is 0. The molecular formula is C23H46. The molecule has 0 N–H and O–H groups in total. The summed E-state index contributed by atoms with van der Waals surface area (Å²) in [6.07, 6.45) is 28.3. The van der Waals surface area contributed by atoms with E-state index in [0.29, 0.717) is 0 Å². The van der Waals surface area contributed by atoms with Crippen LogP contribution < -0.4 is 0 Å². The molecule has 1 aliphatic rings. The van der Waals surface area contributed by atoms with E-state index in [0.717, 1.165) is 11.8 Å². The van der Waals surface area contributed by atoms with Crippen LogP contribution >= 0.6 is 0 Å². The number of hydrogen-bond donors (Lipinski definition) is 0. The van der Waals surface area contributed by atoms with Crippen molar-refractivity contribution >= 4 is 0 Å². The quantitative estimate of drug-likeness (QED) is 0.264. The molecule has 0 heteroatoms.